The Bertz CT molecular complexity index is 732. The summed E-state index contributed by atoms with van der Waals surface area (Å²) in [5.74, 6) is 0.814. The van der Waals surface area contributed by atoms with Crippen LogP contribution in [0.3, 0.4) is 0 Å². The highest BCUT2D eigenvalue weighted by Crippen LogP contribution is 2.37. The van der Waals surface area contributed by atoms with Crippen LogP contribution in [-0.4, -0.2) is 63.7 Å². The smallest absolute Gasteiger partial charge is 0.168 e. The maximum absolute atomic E-state index is 9.42. The van der Waals surface area contributed by atoms with Crippen LogP contribution < -0.4 is 5.32 Å². The van der Waals surface area contributed by atoms with Gasteiger partial charge in [0, 0.05) is 33.1 Å². The van der Waals surface area contributed by atoms with Gasteiger partial charge in [-0.25, -0.2) is 15.0 Å². The van der Waals surface area contributed by atoms with Crippen LogP contribution in [0.15, 0.2) is 6.33 Å². The molecule has 138 valence electrons. The molecular weight excluding hydrogens is 368 g/mol. The summed E-state index contributed by atoms with van der Waals surface area (Å²) in [6, 6.07) is 0. The van der Waals surface area contributed by atoms with Gasteiger partial charge in [-0.05, 0) is 0 Å². The van der Waals surface area contributed by atoms with Crippen molar-refractivity contribution in [3.05, 3.63) is 12.2 Å². The highest BCUT2D eigenvalue weighted by Gasteiger charge is 2.47. The third kappa shape index (κ3) is 3.36. The molecule has 12 heteroatoms. The SMILES string of the molecule is CNc1nc(CO)nc2c1ncn2C1O[C@H](COC)C(OP)C1OP. The summed E-state index contributed by atoms with van der Waals surface area (Å²) >= 11 is 0. The zero-order valence-corrected chi connectivity index (χ0v) is 16.1. The topological polar surface area (TPSA) is 113 Å². The lowest BCUT2D eigenvalue weighted by Gasteiger charge is -2.21. The summed E-state index contributed by atoms with van der Waals surface area (Å²) in [6.45, 7) is 0.0693. The number of ether oxygens (including phenoxy) is 2. The van der Waals surface area contributed by atoms with Crippen LogP contribution in [0.2, 0.25) is 0 Å². The Labute approximate surface area is 149 Å². The number of hydrogen-bond acceptors (Lipinski definition) is 9. The van der Waals surface area contributed by atoms with Crippen molar-refractivity contribution in [2.24, 2.45) is 0 Å². The second-order valence-corrected chi connectivity index (χ2v) is 5.99. The number of nitrogens with zero attached hydrogens (tertiary/aromatic N) is 4. The van der Waals surface area contributed by atoms with Crippen molar-refractivity contribution in [2.75, 3.05) is 26.1 Å². The van der Waals surface area contributed by atoms with Gasteiger partial charge in [-0.3, -0.25) is 4.57 Å². The maximum Gasteiger partial charge on any atom is 0.168 e. The zero-order valence-electron chi connectivity index (χ0n) is 13.8. The maximum atomic E-state index is 9.42. The number of rotatable bonds is 7. The second kappa shape index (κ2) is 8.14. The van der Waals surface area contributed by atoms with Crippen LogP contribution in [0.1, 0.15) is 12.1 Å². The normalized spacial score (nSPS) is 26.4. The van der Waals surface area contributed by atoms with Crippen molar-refractivity contribution >= 4 is 35.9 Å². The minimum absolute atomic E-state index is 0.283. The highest BCUT2D eigenvalue weighted by molar-refractivity contribution is 7.10. The average Bonchev–Trinajstić information content (AvgIpc) is 3.21. The molecule has 3 heterocycles. The number of nitrogens with one attached hydrogen (secondary N) is 1. The second-order valence-electron chi connectivity index (χ2n) is 5.44. The quantitative estimate of drug-likeness (QED) is 0.644. The number of anilines is 1. The van der Waals surface area contributed by atoms with Crippen LogP contribution in [0.4, 0.5) is 5.82 Å². The Balaban J connectivity index is 2.05. The minimum Gasteiger partial charge on any atom is -0.388 e. The van der Waals surface area contributed by atoms with Gasteiger partial charge in [-0.2, -0.15) is 0 Å². The van der Waals surface area contributed by atoms with Gasteiger partial charge in [0.2, 0.25) is 0 Å². The summed E-state index contributed by atoms with van der Waals surface area (Å²) < 4.78 is 24.0. The Hall–Kier alpha value is -0.990. The molecule has 6 atom stereocenters. The van der Waals surface area contributed by atoms with E-state index in [2.05, 4.69) is 39.2 Å². The summed E-state index contributed by atoms with van der Waals surface area (Å²) in [5.41, 5.74) is 1.10. The Kier molecular flexibility index (Phi) is 6.12. The molecule has 2 N–H and O–H groups in total. The molecule has 10 nitrogen and oxygen atoms in total. The fraction of sp³-hybridized carbons (Fsp3) is 0.615. The van der Waals surface area contributed by atoms with Crippen molar-refractivity contribution in [3.63, 3.8) is 0 Å². The molecule has 0 spiro atoms. The molecule has 0 bridgehead atoms. The summed E-state index contributed by atoms with van der Waals surface area (Å²) in [4.78, 5) is 13.0. The number of fused-ring (bicyclic) bond motifs is 1. The molecule has 0 aliphatic carbocycles. The number of aliphatic hydroxyl groups is 1. The molecular formula is C13H21N5O5P2. The first-order chi connectivity index (χ1) is 12.2. The number of hydrogen-bond donors (Lipinski definition) is 2. The Morgan fingerprint density at radius 3 is 2.68 bits per heavy atom. The van der Waals surface area contributed by atoms with Gasteiger partial charge in [0.25, 0.3) is 0 Å². The molecule has 25 heavy (non-hydrogen) atoms. The van der Waals surface area contributed by atoms with E-state index in [9.17, 15) is 5.11 Å². The molecule has 1 fully saturated rings. The number of imidazole rings is 1. The van der Waals surface area contributed by atoms with Gasteiger partial charge in [0.05, 0.1) is 12.9 Å². The molecule has 3 rings (SSSR count). The standard InChI is InChI=1S/C13H21N5O5P2/c1-14-11-8-12(17-7(3-19)16-11)18(5-15-8)13-10(23-25)9(22-24)6(21-13)4-20-2/h5-6,9-10,13,19H,3-4,24-25H2,1-2H3,(H,14,16,17)/t6-,9?,10?,13?/m1/s1. The first-order valence-electron chi connectivity index (χ1n) is 7.56. The summed E-state index contributed by atoms with van der Waals surface area (Å²) in [5, 5.41) is 12.4. The van der Waals surface area contributed by atoms with Crippen LogP contribution in [0.25, 0.3) is 11.2 Å². The van der Waals surface area contributed by atoms with Crippen LogP contribution >= 0.6 is 18.9 Å². The lowest BCUT2D eigenvalue weighted by Crippen LogP contribution is -2.34. The number of aliphatic hydroxyl groups excluding tert-OH is 1. The van der Waals surface area contributed by atoms with Crippen molar-refractivity contribution in [1.29, 1.82) is 0 Å². The van der Waals surface area contributed by atoms with Crippen LogP contribution in [-0.2, 0) is 25.1 Å². The first kappa shape index (κ1) is 18.8. The predicted molar refractivity (Wildman–Crippen MR) is 95.7 cm³/mol. The number of methoxy groups -OCH3 is 1. The number of aromatic nitrogens is 4. The van der Waals surface area contributed by atoms with Gasteiger partial charge in [0.1, 0.15) is 24.9 Å². The van der Waals surface area contributed by atoms with Gasteiger partial charge in [0.15, 0.2) is 29.0 Å². The molecule has 5 unspecified atom stereocenters. The monoisotopic (exact) mass is 389 g/mol. The molecule has 0 radical (unpaired) electrons. The molecule has 0 amide bonds. The molecule has 2 aromatic heterocycles. The molecule has 2 aromatic rings. The fourth-order valence-electron chi connectivity index (χ4n) is 2.93. The lowest BCUT2D eigenvalue weighted by atomic mass is 10.1. The van der Waals surface area contributed by atoms with Gasteiger partial charge >= 0.3 is 0 Å². The average molecular weight is 389 g/mol. The van der Waals surface area contributed by atoms with E-state index in [4.69, 9.17) is 18.5 Å². The highest BCUT2D eigenvalue weighted by atomic mass is 31.0. The van der Waals surface area contributed by atoms with Crippen LogP contribution in [0.5, 0.6) is 0 Å². The van der Waals surface area contributed by atoms with E-state index in [1.165, 1.54) is 0 Å². The van der Waals surface area contributed by atoms with E-state index in [0.717, 1.165) is 0 Å². The molecule has 0 saturated carbocycles. The molecule has 1 saturated heterocycles. The van der Waals surface area contributed by atoms with Crippen molar-refractivity contribution < 1.29 is 23.6 Å². The van der Waals surface area contributed by atoms with Gasteiger partial charge in [-0.15, -0.1) is 0 Å². The zero-order chi connectivity index (χ0) is 18.0. The molecule has 1 aliphatic heterocycles. The van der Waals surface area contributed by atoms with Gasteiger partial charge in [-0.1, -0.05) is 0 Å². The van der Waals surface area contributed by atoms with E-state index in [1.54, 1.807) is 25.1 Å². The van der Waals surface area contributed by atoms with E-state index in [-0.39, 0.29) is 24.6 Å². The molecule has 1 aliphatic rings. The minimum atomic E-state index is -0.528. The Morgan fingerprint density at radius 2 is 2.08 bits per heavy atom. The lowest BCUT2D eigenvalue weighted by molar-refractivity contribution is -0.0528. The fourth-order valence-corrected chi connectivity index (χ4v) is 3.55. The molecule has 0 aromatic carbocycles. The van der Waals surface area contributed by atoms with E-state index in [0.29, 0.717) is 23.6 Å². The van der Waals surface area contributed by atoms with Gasteiger partial charge < -0.3 is 28.9 Å². The van der Waals surface area contributed by atoms with E-state index < -0.39 is 12.3 Å². The van der Waals surface area contributed by atoms with Crippen LogP contribution in [0, 0.1) is 0 Å². The largest absolute Gasteiger partial charge is 0.388 e. The van der Waals surface area contributed by atoms with Crippen molar-refractivity contribution in [3.8, 4) is 0 Å². The summed E-state index contributed by atoms with van der Waals surface area (Å²) in [7, 11) is 7.81. The van der Waals surface area contributed by atoms with Crippen molar-refractivity contribution in [2.45, 2.75) is 31.1 Å². The van der Waals surface area contributed by atoms with E-state index >= 15 is 0 Å². The third-order valence-corrected chi connectivity index (χ3v) is 4.68. The predicted octanol–water partition coefficient (Wildman–Crippen LogP) is 0.255. The van der Waals surface area contributed by atoms with E-state index in [1.807, 2.05) is 0 Å². The first-order valence-corrected chi connectivity index (χ1v) is 8.50. The third-order valence-electron chi connectivity index (χ3n) is 4.05. The summed E-state index contributed by atoms with van der Waals surface area (Å²) in [6.07, 6.45) is -0.0196. The Morgan fingerprint density at radius 1 is 1.32 bits per heavy atom. The van der Waals surface area contributed by atoms with Crippen molar-refractivity contribution in [1.82, 2.24) is 19.5 Å².